The van der Waals surface area contributed by atoms with Gasteiger partial charge in [-0.15, -0.1) is 10.2 Å². The van der Waals surface area contributed by atoms with Crippen LogP contribution >= 0.6 is 0 Å². The molecule has 18 heavy (non-hydrogen) atoms. The lowest BCUT2D eigenvalue weighted by atomic mass is 10.1. The van der Waals surface area contributed by atoms with Gasteiger partial charge in [-0.05, 0) is 30.5 Å². The predicted molar refractivity (Wildman–Crippen MR) is 58.6 cm³/mol. The van der Waals surface area contributed by atoms with Gasteiger partial charge in [-0.3, -0.25) is 9.20 Å². The number of hydrogen-bond donors (Lipinski definition) is 1. The van der Waals surface area contributed by atoms with Gasteiger partial charge in [0.25, 0.3) is 6.43 Å². The summed E-state index contributed by atoms with van der Waals surface area (Å²) in [5.41, 5.74) is 1.80. The van der Waals surface area contributed by atoms with Gasteiger partial charge < -0.3 is 5.11 Å². The van der Waals surface area contributed by atoms with Crippen LogP contribution in [0.2, 0.25) is 0 Å². The van der Waals surface area contributed by atoms with Crippen LogP contribution in [0, 0.1) is 6.92 Å². The number of fused-ring (bicyclic) bond motifs is 1. The number of nitrogens with zero attached hydrogens (tertiary/aromatic N) is 3. The number of halogens is 2. The van der Waals surface area contributed by atoms with Gasteiger partial charge in [-0.25, -0.2) is 8.78 Å². The van der Waals surface area contributed by atoms with Crippen LogP contribution in [-0.4, -0.2) is 25.7 Å². The lowest BCUT2D eigenvalue weighted by Crippen LogP contribution is -2.02. The van der Waals surface area contributed by atoms with E-state index >= 15 is 0 Å². The van der Waals surface area contributed by atoms with Gasteiger partial charge in [0, 0.05) is 12.6 Å². The number of carboxylic acids is 1. The minimum Gasteiger partial charge on any atom is -0.481 e. The monoisotopic (exact) mass is 255 g/mol. The van der Waals surface area contributed by atoms with Gasteiger partial charge in [0.2, 0.25) is 5.82 Å². The molecule has 0 saturated carbocycles. The number of rotatable bonds is 4. The minimum absolute atomic E-state index is 0.00709. The highest BCUT2D eigenvalue weighted by atomic mass is 19.3. The number of alkyl halides is 2. The number of pyridine rings is 1. The summed E-state index contributed by atoms with van der Waals surface area (Å²) in [6.45, 7) is 1.72. The molecular formula is C11H11F2N3O2. The third-order valence-electron chi connectivity index (χ3n) is 2.77. The fourth-order valence-electron chi connectivity index (χ4n) is 1.80. The minimum atomic E-state index is -2.69. The number of carboxylic acid groups (broad SMARTS) is 1. The highest BCUT2D eigenvalue weighted by molar-refractivity contribution is 5.67. The van der Waals surface area contributed by atoms with E-state index in [1.165, 1.54) is 10.6 Å². The third kappa shape index (κ3) is 2.15. The summed E-state index contributed by atoms with van der Waals surface area (Å²) >= 11 is 0. The summed E-state index contributed by atoms with van der Waals surface area (Å²) in [7, 11) is 0. The molecule has 7 heteroatoms. The van der Waals surface area contributed by atoms with Crippen LogP contribution in [0.5, 0.6) is 0 Å². The van der Waals surface area contributed by atoms with Crippen molar-refractivity contribution in [3.63, 3.8) is 0 Å². The Morgan fingerprint density at radius 3 is 2.83 bits per heavy atom. The summed E-state index contributed by atoms with van der Waals surface area (Å²) in [6.07, 6.45) is -0.910. The van der Waals surface area contributed by atoms with Crippen molar-refractivity contribution in [1.82, 2.24) is 14.6 Å². The molecule has 0 spiro atoms. The molecule has 0 aromatic carbocycles. The average molecular weight is 255 g/mol. The second-order valence-electron chi connectivity index (χ2n) is 3.91. The van der Waals surface area contributed by atoms with Crippen LogP contribution in [-0.2, 0) is 11.2 Å². The van der Waals surface area contributed by atoms with E-state index in [1.54, 1.807) is 13.0 Å². The van der Waals surface area contributed by atoms with Gasteiger partial charge in [0.15, 0.2) is 5.65 Å². The fraction of sp³-hybridized carbons (Fsp3) is 0.364. The zero-order valence-corrected chi connectivity index (χ0v) is 9.60. The Bertz CT molecular complexity index is 595. The van der Waals surface area contributed by atoms with Crippen LogP contribution in [0.4, 0.5) is 8.78 Å². The van der Waals surface area contributed by atoms with Crippen molar-refractivity contribution >= 4 is 11.6 Å². The normalized spacial score (nSPS) is 11.3. The van der Waals surface area contributed by atoms with E-state index in [9.17, 15) is 13.6 Å². The molecule has 2 aromatic rings. The molecule has 5 nitrogen and oxygen atoms in total. The maximum absolute atomic E-state index is 12.6. The first-order chi connectivity index (χ1) is 8.50. The molecule has 0 radical (unpaired) electrons. The van der Waals surface area contributed by atoms with Crippen molar-refractivity contribution in [2.45, 2.75) is 26.2 Å². The van der Waals surface area contributed by atoms with Crippen molar-refractivity contribution in [1.29, 1.82) is 0 Å². The van der Waals surface area contributed by atoms with Gasteiger partial charge >= 0.3 is 5.97 Å². The van der Waals surface area contributed by atoms with E-state index in [2.05, 4.69) is 10.2 Å². The summed E-state index contributed by atoms with van der Waals surface area (Å²) in [5.74, 6) is -1.30. The van der Waals surface area contributed by atoms with Crippen molar-refractivity contribution < 1.29 is 18.7 Å². The van der Waals surface area contributed by atoms with E-state index in [-0.39, 0.29) is 6.42 Å². The number of aliphatic carboxylic acids is 1. The molecular weight excluding hydrogens is 244 g/mol. The quantitative estimate of drug-likeness (QED) is 0.907. The van der Waals surface area contributed by atoms with Crippen molar-refractivity contribution in [2.24, 2.45) is 0 Å². The Labute approximate surface area is 101 Å². The Balaban J connectivity index is 2.42. The SMILES string of the molecule is Cc1c(CCC(=O)O)ccn2c(C(F)F)nnc12. The van der Waals surface area contributed by atoms with Crippen LogP contribution < -0.4 is 0 Å². The lowest BCUT2D eigenvalue weighted by Gasteiger charge is -2.06. The maximum Gasteiger partial charge on any atom is 0.303 e. The fourth-order valence-corrected chi connectivity index (χ4v) is 1.80. The molecule has 0 fully saturated rings. The summed E-state index contributed by atoms with van der Waals surface area (Å²) in [5, 5.41) is 15.8. The van der Waals surface area contributed by atoms with Gasteiger partial charge in [-0.2, -0.15) is 0 Å². The first-order valence-corrected chi connectivity index (χ1v) is 5.33. The Morgan fingerprint density at radius 1 is 1.50 bits per heavy atom. The van der Waals surface area contributed by atoms with Crippen LogP contribution in [0.15, 0.2) is 12.3 Å². The zero-order chi connectivity index (χ0) is 13.3. The number of aromatic nitrogens is 3. The van der Waals surface area contributed by atoms with E-state index in [1.807, 2.05) is 0 Å². The zero-order valence-electron chi connectivity index (χ0n) is 9.60. The average Bonchev–Trinajstić information content (AvgIpc) is 2.72. The molecule has 96 valence electrons. The molecule has 1 N–H and O–H groups in total. The Kier molecular flexibility index (Phi) is 3.22. The molecule has 0 saturated heterocycles. The molecule has 0 aliphatic heterocycles. The van der Waals surface area contributed by atoms with E-state index in [4.69, 9.17) is 5.11 Å². The Hall–Kier alpha value is -2.05. The number of carbonyl (C=O) groups is 1. The van der Waals surface area contributed by atoms with Gasteiger partial charge in [0.1, 0.15) is 0 Å². The first kappa shape index (κ1) is 12.4. The highest BCUT2D eigenvalue weighted by Gasteiger charge is 2.17. The van der Waals surface area contributed by atoms with Gasteiger partial charge in [0.05, 0.1) is 0 Å². The Morgan fingerprint density at radius 2 is 2.22 bits per heavy atom. The van der Waals surface area contributed by atoms with Crippen molar-refractivity contribution in [3.05, 3.63) is 29.2 Å². The largest absolute Gasteiger partial charge is 0.481 e. The molecule has 2 heterocycles. The predicted octanol–water partition coefficient (Wildman–Crippen LogP) is 1.99. The lowest BCUT2D eigenvalue weighted by molar-refractivity contribution is -0.136. The molecule has 2 rings (SSSR count). The summed E-state index contributed by atoms with van der Waals surface area (Å²) in [6, 6.07) is 1.63. The second kappa shape index (κ2) is 4.67. The summed E-state index contributed by atoms with van der Waals surface area (Å²) < 4.78 is 26.5. The standard InChI is InChI=1S/C11H11F2N3O2/c1-6-7(2-3-8(17)18)4-5-16-10(6)14-15-11(16)9(12)13/h4-5,9H,2-3H2,1H3,(H,17,18). The van der Waals surface area contributed by atoms with Crippen molar-refractivity contribution in [2.75, 3.05) is 0 Å². The van der Waals surface area contributed by atoms with Crippen molar-refractivity contribution in [3.8, 4) is 0 Å². The first-order valence-electron chi connectivity index (χ1n) is 5.33. The topological polar surface area (TPSA) is 67.5 Å². The van der Waals surface area contributed by atoms with Crippen LogP contribution in [0.25, 0.3) is 5.65 Å². The van der Waals surface area contributed by atoms with E-state index in [0.29, 0.717) is 17.6 Å². The van der Waals surface area contributed by atoms with Crippen LogP contribution in [0.3, 0.4) is 0 Å². The molecule has 0 unspecified atom stereocenters. The molecule has 0 atom stereocenters. The van der Waals surface area contributed by atoms with Crippen LogP contribution in [0.1, 0.15) is 29.8 Å². The summed E-state index contributed by atoms with van der Waals surface area (Å²) in [4.78, 5) is 10.5. The molecule has 0 amide bonds. The molecule has 0 aliphatic carbocycles. The van der Waals surface area contributed by atoms with Gasteiger partial charge in [-0.1, -0.05) is 0 Å². The molecule has 0 aliphatic rings. The van der Waals surface area contributed by atoms with E-state index in [0.717, 1.165) is 5.56 Å². The maximum atomic E-state index is 12.6. The third-order valence-corrected chi connectivity index (χ3v) is 2.77. The highest BCUT2D eigenvalue weighted by Crippen LogP contribution is 2.21. The van der Waals surface area contributed by atoms with E-state index < -0.39 is 18.2 Å². The molecule has 0 bridgehead atoms. The smallest absolute Gasteiger partial charge is 0.303 e. The number of hydrogen-bond acceptors (Lipinski definition) is 3. The molecule has 2 aromatic heterocycles. The second-order valence-corrected chi connectivity index (χ2v) is 3.91. The number of aryl methyl sites for hydroxylation is 2.